The van der Waals surface area contributed by atoms with Gasteiger partial charge in [0.05, 0.1) is 8.96 Å². The Morgan fingerprint density at radius 3 is 1.62 bits per heavy atom. The van der Waals surface area contributed by atoms with Crippen LogP contribution in [0.15, 0.2) is 8.96 Å². The molecule has 0 N–H and O–H groups in total. The van der Waals surface area contributed by atoms with Gasteiger partial charge < -0.3 is 0 Å². The van der Waals surface area contributed by atoms with E-state index in [1.807, 2.05) is 0 Å². The van der Waals surface area contributed by atoms with Crippen LogP contribution in [0.3, 0.4) is 0 Å². The summed E-state index contributed by atoms with van der Waals surface area (Å²) in [4.78, 5) is 0. The molecule has 0 nitrogen and oxygen atoms in total. The van der Waals surface area contributed by atoms with Crippen LogP contribution in [0.2, 0.25) is 0 Å². The molecule has 88 valence electrons. The highest BCUT2D eigenvalue weighted by Crippen LogP contribution is 2.18. The van der Waals surface area contributed by atoms with Gasteiger partial charge in [-0.25, -0.2) is 0 Å². The molecule has 0 fully saturated rings. The molecule has 0 aromatic carbocycles. The van der Waals surface area contributed by atoms with Gasteiger partial charge in [-0.15, -0.1) is 0 Å². The number of allylic oxidation sites excluding steroid dienone is 1. The average Bonchev–Trinajstić information content (AvgIpc) is 2.26. The Morgan fingerprint density at radius 1 is 0.875 bits per heavy atom. The minimum Gasteiger partial charge on any atom is -0.0972 e. The molecule has 0 saturated carbocycles. The Morgan fingerprint density at radius 2 is 1.31 bits per heavy atom. The van der Waals surface area contributed by atoms with Crippen molar-refractivity contribution < 1.29 is 0 Å². The molecule has 0 aromatic heterocycles. The van der Waals surface area contributed by atoms with Gasteiger partial charge in [-0.3, -0.25) is 0 Å². The van der Waals surface area contributed by atoms with E-state index in [0.717, 1.165) is 34.6 Å². The van der Waals surface area contributed by atoms with Crippen molar-refractivity contribution >= 4 is 31.9 Å². The maximum Gasteiger partial charge on any atom is 0.0956 e. The fourth-order valence-corrected chi connectivity index (χ4v) is 1.35. The third-order valence-electron chi connectivity index (χ3n) is 1.93. The molecule has 2 heteroatoms. The normalized spacial score (nSPS) is 8.50. The van der Waals surface area contributed by atoms with Crippen molar-refractivity contribution in [1.82, 2.24) is 0 Å². The number of halogens is 2. The van der Waals surface area contributed by atoms with Crippen LogP contribution in [0, 0.1) is 23.7 Å². The lowest BCUT2D eigenvalue weighted by Crippen LogP contribution is -1.76. The van der Waals surface area contributed by atoms with Gasteiger partial charge >= 0.3 is 0 Å². The van der Waals surface area contributed by atoms with Crippen molar-refractivity contribution in [2.75, 3.05) is 0 Å². The van der Waals surface area contributed by atoms with Gasteiger partial charge in [0.15, 0.2) is 0 Å². The van der Waals surface area contributed by atoms with Gasteiger partial charge in [0.25, 0.3) is 0 Å². The SMILES string of the molecule is CCCCC#CC(C#CCCCC)=C(Br)Br. The Balaban J connectivity index is 4.32. The highest BCUT2D eigenvalue weighted by Gasteiger charge is 1.92. The summed E-state index contributed by atoms with van der Waals surface area (Å²) in [5.74, 6) is 12.5. The summed E-state index contributed by atoms with van der Waals surface area (Å²) < 4.78 is 0.855. The fourth-order valence-electron chi connectivity index (χ4n) is 0.958. The monoisotopic (exact) mass is 344 g/mol. The van der Waals surface area contributed by atoms with Crippen molar-refractivity contribution in [2.24, 2.45) is 0 Å². The van der Waals surface area contributed by atoms with E-state index in [0.29, 0.717) is 0 Å². The number of unbranched alkanes of at least 4 members (excludes halogenated alkanes) is 4. The Kier molecular flexibility index (Phi) is 11.2. The van der Waals surface area contributed by atoms with Crippen molar-refractivity contribution in [1.29, 1.82) is 0 Å². The van der Waals surface area contributed by atoms with Crippen molar-refractivity contribution in [3.05, 3.63) is 8.96 Å². The predicted octanol–water partition coefficient (Wildman–Crippen LogP) is 5.38. The van der Waals surface area contributed by atoms with Crippen molar-refractivity contribution in [3.8, 4) is 23.7 Å². The minimum atomic E-state index is 0.854. The average molecular weight is 346 g/mol. The molecule has 16 heavy (non-hydrogen) atoms. The molecule has 0 aromatic rings. The van der Waals surface area contributed by atoms with Crippen LogP contribution in [-0.4, -0.2) is 0 Å². The molecule has 0 atom stereocenters. The second kappa shape index (κ2) is 11.3. The molecule has 0 radical (unpaired) electrons. The van der Waals surface area contributed by atoms with Crippen LogP contribution in [-0.2, 0) is 0 Å². The minimum absolute atomic E-state index is 0.854. The predicted molar refractivity (Wildman–Crippen MR) is 79.5 cm³/mol. The molecule has 0 aliphatic rings. The molecule has 0 saturated heterocycles. The van der Waals surface area contributed by atoms with E-state index in [1.165, 1.54) is 12.8 Å². The first kappa shape index (κ1) is 15.8. The van der Waals surface area contributed by atoms with Crippen molar-refractivity contribution in [2.45, 2.75) is 52.4 Å². The summed E-state index contributed by atoms with van der Waals surface area (Å²) in [6, 6.07) is 0. The van der Waals surface area contributed by atoms with Crippen molar-refractivity contribution in [3.63, 3.8) is 0 Å². The Labute approximate surface area is 117 Å². The summed E-state index contributed by atoms with van der Waals surface area (Å²) in [5.41, 5.74) is 0.854. The zero-order valence-electron chi connectivity index (χ0n) is 10.00. The quantitative estimate of drug-likeness (QED) is 0.474. The smallest absolute Gasteiger partial charge is 0.0956 e. The highest BCUT2D eigenvalue weighted by atomic mass is 79.9. The van der Waals surface area contributed by atoms with E-state index >= 15 is 0 Å². The molecular formula is C14H18Br2. The first-order valence-electron chi connectivity index (χ1n) is 5.75. The third kappa shape index (κ3) is 9.08. The van der Waals surface area contributed by atoms with Crippen LogP contribution in [0.1, 0.15) is 52.4 Å². The Bertz CT molecular complexity index is 299. The van der Waals surface area contributed by atoms with Crippen LogP contribution in [0.5, 0.6) is 0 Å². The summed E-state index contributed by atoms with van der Waals surface area (Å²) in [6.07, 6.45) is 6.58. The van der Waals surface area contributed by atoms with Gasteiger partial charge in [-0.1, -0.05) is 50.4 Å². The topological polar surface area (TPSA) is 0 Å². The molecule has 0 unspecified atom stereocenters. The summed E-state index contributed by atoms with van der Waals surface area (Å²) in [6.45, 7) is 4.34. The second-order valence-electron chi connectivity index (χ2n) is 3.45. The first-order chi connectivity index (χ1) is 7.72. The van der Waals surface area contributed by atoms with E-state index in [9.17, 15) is 0 Å². The molecular weight excluding hydrogens is 328 g/mol. The van der Waals surface area contributed by atoms with Gasteiger partial charge in [0.2, 0.25) is 0 Å². The summed E-state index contributed by atoms with van der Waals surface area (Å²) >= 11 is 6.74. The first-order valence-corrected chi connectivity index (χ1v) is 7.34. The molecule has 0 spiro atoms. The van der Waals surface area contributed by atoms with Crippen LogP contribution < -0.4 is 0 Å². The number of rotatable bonds is 4. The lowest BCUT2D eigenvalue weighted by Gasteiger charge is -1.89. The molecule has 0 amide bonds. The molecule has 0 bridgehead atoms. The van der Waals surface area contributed by atoms with Crippen LogP contribution in [0.25, 0.3) is 0 Å². The lowest BCUT2D eigenvalue weighted by atomic mass is 10.2. The second-order valence-corrected chi connectivity index (χ2v) is 6.10. The van der Waals surface area contributed by atoms with Gasteiger partial charge in [0.1, 0.15) is 0 Å². The van der Waals surface area contributed by atoms with Gasteiger partial charge in [0, 0.05) is 12.8 Å². The maximum atomic E-state index is 3.37. The van der Waals surface area contributed by atoms with E-state index in [-0.39, 0.29) is 0 Å². The standard InChI is InChI=1S/C14H18Br2/c1-3-5-7-9-11-13(14(15)16)12-10-8-6-4-2/h3-8H2,1-2H3. The summed E-state index contributed by atoms with van der Waals surface area (Å²) in [7, 11) is 0. The zero-order valence-corrected chi connectivity index (χ0v) is 13.2. The number of hydrogen-bond acceptors (Lipinski definition) is 0. The van der Waals surface area contributed by atoms with Crippen LogP contribution in [0.4, 0.5) is 0 Å². The Hall–Kier alpha value is -0.180. The molecule has 0 aliphatic heterocycles. The largest absolute Gasteiger partial charge is 0.0972 e. The van der Waals surface area contributed by atoms with Gasteiger partial charge in [-0.05, 0) is 44.7 Å². The highest BCUT2D eigenvalue weighted by molar-refractivity contribution is 9.28. The maximum absolute atomic E-state index is 3.37. The molecule has 0 rings (SSSR count). The lowest BCUT2D eigenvalue weighted by molar-refractivity contribution is 0.827. The van der Waals surface area contributed by atoms with E-state index in [1.54, 1.807) is 0 Å². The van der Waals surface area contributed by atoms with E-state index in [4.69, 9.17) is 0 Å². The fraction of sp³-hybridized carbons (Fsp3) is 0.571. The zero-order chi connectivity index (χ0) is 12.2. The van der Waals surface area contributed by atoms with E-state index < -0.39 is 0 Å². The third-order valence-corrected chi connectivity index (χ3v) is 2.72. The molecule has 0 heterocycles. The van der Waals surface area contributed by atoms with E-state index in [2.05, 4.69) is 69.4 Å². The molecule has 0 aliphatic carbocycles. The van der Waals surface area contributed by atoms with Crippen LogP contribution >= 0.6 is 31.9 Å². The summed E-state index contributed by atoms with van der Waals surface area (Å²) in [5, 5.41) is 0. The van der Waals surface area contributed by atoms with Gasteiger partial charge in [-0.2, -0.15) is 0 Å². The number of hydrogen-bond donors (Lipinski definition) is 0.